The molecular formula is C28H25F2NO5. The summed E-state index contributed by atoms with van der Waals surface area (Å²) >= 11 is 0. The summed E-state index contributed by atoms with van der Waals surface area (Å²) in [6.07, 6.45) is 2.17. The Kier molecular flexibility index (Phi) is 7.33. The molecule has 1 heterocycles. The molecule has 0 radical (unpaired) electrons. The third-order valence-electron chi connectivity index (χ3n) is 5.60. The molecule has 0 bridgehead atoms. The molecule has 0 amide bonds. The number of aliphatic carboxylic acids is 1. The first-order valence-electron chi connectivity index (χ1n) is 11.3. The first kappa shape index (κ1) is 24.9. The Hall–Kier alpha value is -4.20. The minimum absolute atomic E-state index is 0.00227. The van der Waals surface area contributed by atoms with E-state index in [1.54, 1.807) is 30.5 Å². The van der Waals surface area contributed by atoms with Crippen LogP contribution in [0.1, 0.15) is 23.7 Å². The molecule has 3 aromatic carbocycles. The summed E-state index contributed by atoms with van der Waals surface area (Å²) in [4.78, 5) is 16.4. The maximum Gasteiger partial charge on any atom is 0.348 e. The number of aromatic nitrogens is 1. The van der Waals surface area contributed by atoms with Crippen LogP contribution in [0, 0.1) is 18.6 Å². The number of hydrogen-bond acceptors (Lipinski definition) is 5. The third-order valence-corrected chi connectivity index (χ3v) is 5.60. The van der Waals surface area contributed by atoms with E-state index in [0.717, 1.165) is 29.0 Å². The van der Waals surface area contributed by atoms with Gasteiger partial charge in [0.15, 0.2) is 11.6 Å². The van der Waals surface area contributed by atoms with Crippen molar-refractivity contribution in [1.29, 1.82) is 0 Å². The second-order valence-electron chi connectivity index (χ2n) is 8.65. The van der Waals surface area contributed by atoms with Gasteiger partial charge in [-0.1, -0.05) is 29.8 Å². The van der Waals surface area contributed by atoms with Crippen molar-refractivity contribution in [3.05, 3.63) is 101 Å². The minimum Gasteiger partial charge on any atom is -0.493 e. The van der Waals surface area contributed by atoms with Crippen molar-refractivity contribution in [1.82, 2.24) is 4.98 Å². The maximum atomic E-state index is 13.5. The number of rotatable bonds is 10. The fourth-order valence-electron chi connectivity index (χ4n) is 3.65. The predicted molar refractivity (Wildman–Crippen MR) is 129 cm³/mol. The van der Waals surface area contributed by atoms with E-state index in [0.29, 0.717) is 30.2 Å². The van der Waals surface area contributed by atoms with Crippen molar-refractivity contribution in [2.75, 3.05) is 6.61 Å². The van der Waals surface area contributed by atoms with Crippen LogP contribution in [0.3, 0.4) is 0 Å². The molecule has 6 nitrogen and oxygen atoms in total. The Labute approximate surface area is 207 Å². The van der Waals surface area contributed by atoms with Gasteiger partial charge in [-0.25, -0.2) is 18.6 Å². The Morgan fingerprint density at radius 3 is 2.47 bits per heavy atom. The largest absolute Gasteiger partial charge is 0.493 e. The van der Waals surface area contributed by atoms with E-state index in [1.807, 2.05) is 31.2 Å². The van der Waals surface area contributed by atoms with Crippen LogP contribution in [0.2, 0.25) is 0 Å². The number of oxazole rings is 1. The zero-order chi connectivity index (χ0) is 25.7. The Morgan fingerprint density at radius 2 is 1.78 bits per heavy atom. The first-order valence-corrected chi connectivity index (χ1v) is 11.3. The highest BCUT2D eigenvalue weighted by Gasteiger charge is 2.36. The molecule has 0 saturated heterocycles. The van der Waals surface area contributed by atoms with Gasteiger partial charge in [0.1, 0.15) is 17.8 Å². The van der Waals surface area contributed by atoms with E-state index in [1.165, 1.54) is 13.0 Å². The fourth-order valence-corrected chi connectivity index (χ4v) is 3.65. The summed E-state index contributed by atoms with van der Waals surface area (Å²) in [5.74, 6) is -2.28. The first-order chi connectivity index (χ1) is 17.2. The lowest BCUT2D eigenvalue weighted by Gasteiger charge is -2.26. The lowest BCUT2D eigenvalue weighted by molar-refractivity contribution is -0.153. The highest BCUT2D eigenvalue weighted by Crippen LogP contribution is 2.26. The molecule has 0 aliphatic rings. The van der Waals surface area contributed by atoms with Gasteiger partial charge in [0.05, 0.1) is 12.3 Å². The van der Waals surface area contributed by atoms with Crippen molar-refractivity contribution < 1.29 is 32.6 Å². The number of benzene rings is 3. The number of ether oxygens (including phenoxy) is 2. The number of carboxylic acid groups (broad SMARTS) is 1. The fraction of sp³-hybridized carbons (Fsp3) is 0.214. The second kappa shape index (κ2) is 10.6. The topological polar surface area (TPSA) is 81.8 Å². The van der Waals surface area contributed by atoms with Crippen LogP contribution in [-0.4, -0.2) is 28.3 Å². The van der Waals surface area contributed by atoms with Crippen molar-refractivity contribution in [3.63, 3.8) is 0 Å². The maximum absolute atomic E-state index is 13.5. The molecular weight excluding hydrogens is 468 g/mol. The molecule has 186 valence electrons. The van der Waals surface area contributed by atoms with Crippen LogP contribution in [0.15, 0.2) is 77.4 Å². The van der Waals surface area contributed by atoms with E-state index in [9.17, 15) is 18.7 Å². The Morgan fingerprint density at radius 1 is 1.03 bits per heavy atom. The number of nitrogens with zero attached hydrogens (tertiary/aromatic N) is 1. The van der Waals surface area contributed by atoms with E-state index in [2.05, 4.69) is 4.98 Å². The smallest absolute Gasteiger partial charge is 0.348 e. The van der Waals surface area contributed by atoms with Crippen molar-refractivity contribution in [2.24, 2.45) is 0 Å². The minimum atomic E-state index is -1.69. The zero-order valence-electron chi connectivity index (χ0n) is 19.8. The molecule has 1 atom stereocenters. The SMILES string of the molecule is Cc1cccc(-c2nc(CCOc3ccc(CC(C)(Oc4ccc(F)c(F)c4)C(=O)O)cc3)co2)c1. The summed E-state index contributed by atoms with van der Waals surface area (Å²) in [6.45, 7) is 3.77. The van der Waals surface area contributed by atoms with Crippen molar-refractivity contribution in [3.8, 4) is 23.0 Å². The average molecular weight is 494 g/mol. The summed E-state index contributed by atoms with van der Waals surface area (Å²) in [5.41, 5.74) is 1.80. The normalized spacial score (nSPS) is 12.7. The predicted octanol–water partition coefficient (Wildman–Crippen LogP) is 6.01. The van der Waals surface area contributed by atoms with Gasteiger partial charge in [-0.15, -0.1) is 0 Å². The number of carboxylic acids is 1. The highest BCUT2D eigenvalue weighted by atomic mass is 19.2. The van der Waals surface area contributed by atoms with Gasteiger partial charge in [0.25, 0.3) is 0 Å². The van der Waals surface area contributed by atoms with Crippen LogP contribution in [-0.2, 0) is 17.6 Å². The standard InChI is InChI=1S/C28H25F2NO5/c1-18-4-3-5-20(14-18)26-31-21(17-35-26)12-13-34-22-8-6-19(7-9-22)16-28(2,27(32)33)36-23-10-11-24(29)25(30)15-23/h3-11,14-15,17H,12-13,16H2,1-2H3,(H,32,33). The molecule has 0 fully saturated rings. The summed E-state index contributed by atoms with van der Waals surface area (Å²) in [7, 11) is 0. The summed E-state index contributed by atoms with van der Waals surface area (Å²) in [6, 6.07) is 17.7. The zero-order valence-corrected chi connectivity index (χ0v) is 19.8. The second-order valence-corrected chi connectivity index (χ2v) is 8.65. The number of aryl methyl sites for hydroxylation is 1. The van der Waals surface area contributed by atoms with Crippen LogP contribution >= 0.6 is 0 Å². The molecule has 0 aliphatic heterocycles. The van der Waals surface area contributed by atoms with Crippen LogP contribution in [0.5, 0.6) is 11.5 Å². The lowest BCUT2D eigenvalue weighted by Crippen LogP contribution is -2.43. The quantitative estimate of drug-likeness (QED) is 0.291. The molecule has 0 aliphatic carbocycles. The molecule has 0 spiro atoms. The van der Waals surface area contributed by atoms with Gasteiger partial charge in [-0.3, -0.25) is 0 Å². The number of carbonyl (C=O) groups is 1. The van der Waals surface area contributed by atoms with Gasteiger partial charge in [-0.2, -0.15) is 0 Å². The summed E-state index contributed by atoms with van der Waals surface area (Å²) < 4.78 is 43.6. The van der Waals surface area contributed by atoms with Crippen molar-refractivity contribution in [2.45, 2.75) is 32.3 Å². The van der Waals surface area contributed by atoms with Crippen LogP contribution in [0.25, 0.3) is 11.5 Å². The van der Waals surface area contributed by atoms with Crippen molar-refractivity contribution >= 4 is 5.97 Å². The summed E-state index contributed by atoms with van der Waals surface area (Å²) in [5, 5.41) is 9.71. The van der Waals surface area contributed by atoms with Gasteiger partial charge in [-0.05, 0) is 55.8 Å². The number of halogens is 2. The van der Waals surface area contributed by atoms with Gasteiger partial charge in [0, 0.05) is 24.5 Å². The molecule has 0 saturated carbocycles. The molecule has 1 N–H and O–H groups in total. The average Bonchev–Trinajstić information content (AvgIpc) is 3.31. The molecule has 1 unspecified atom stereocenters. The van der Waals surface area contributed by atoms with E-state index >= 15 is 0 Å². The lowest BCUT2D eigenvalue weighted by atomic mass is 9.96. The molecule has 4 aromatic rings. The highest BCUT2D eigenvalue weighted by molar-refractivity contribution is 5.78. The van der Waals surface area contributed by atoms with E-state index < -0.39 is 23.2 Å². The Bertz CT molecular complexity index is 1350. The van der Waals surface area contributed by atoms with Gasteiger partial charge >= 0.3 is 5.97 Å². The van der Waals surface area contributed by atoms with Crippen LogP contribution < -0.4 is 9.47 Å². The van der Waals surface area contributed by atoms with Gasteiger partial charge < -0.3 is 19.0 Å². The van der Waals surface area contributed by atoms with E-state index in [4.69, 9.17) is 13.9 Å². The molecule has 4 rings (SSSR count). The Balaban J connectivity index is 1.33. The molecule has 36 heavy (non-hydrogen) atoms. The third kappa shape index (κ3) is 6.07. The van der Waals surface area contributed by atoms with E-state index in [-0.39, 0.29) is 12.2 Å². The van der Waals surface area contributed by atoms with Crippen LogP contribution in [0.4, 0.5) is 8.78 Å². The molecule has 8 heteroatoms. The monoisotopic (exact) mass is 493 g/mol. The molecule has 1 aromatic heterocycles. The number of hydrogen-bond donors (Lipinski definition) is 1. The van der Waals surface area contributed by atoms with Gasteiger partial charge in [0.2, 0.25) is 11.5 Å².